The molecule has 1 aromatic heterocycles. The predicted octanol–water partition coefficient (Wildman–Crippen LogP) is -0.290. The minimum absolute atomic E-state index is 0.0156. The molecule has 1 aliphatic heterocycles. The molecule has 0 unspecified atom stereocenters. The maximum Gasteiger partial charge on any atom is 0.223 e. The monoisotopic (exact) mass is 166 g/mol. The zero-order valence-corrected chi connectivity index (χ0v) is 6.78. The molecular weight excluding hydrogens is 156 g/mol. The van der Waals surface area contributed by atoms with E-state index in [4.69, 9.17) is 5.73 Å². The summed E-state index contributed by atoms with van der Waals surface area (Å²) in [5.74, 6) is 0.156. The Labute approximate surface area is 69.9 Å². The molecule has 0 spiro atoms. The van der Waals surface area contributed by atoms with Crippen LogP contribution in [0.4, 0.5) is 5.95 Å². The van der Waals surface area contributed by atoms with Crippen LogP contribution < -0.4 is 5.73 Å². The van der Waals surface area contributed by atoms with Gasteiger partial charge in [-0.3, -0.25) is 4.90 Å². The molecule has 0 aliphatic carbocycles. The molecule has 2 heterocycles. The number of aromatic nitrogens is 2. The molecule has 1 aliphatic rings. The van der Waals surface area contributed by atoms with Crippen LogP contribution in [0.5, 0.6) is 5.88 Å². The molecule has 1 aromatic rings. The van der Waals surface area contributed by atoms with Gasteiger partial charge in [0.2, 0.25) is 11.8 Å². The first kappa shape index (κ1) is 7.30. The number of rotatable bonds is 0. The normalized spacial score (nSPS) is 16.4. The molecule has 5 heteroatoms. The molecule has 0 fully saturated rings. The maximum absolute atomic E-state index is 9.37. The molecule has 0 radical (unpaired) electrons. The van der Waals surface area contributed by atoms with Gasteiger partial charge < -0.3 is 10.8 Å². The lowest BCUT2D eigenvalue weighted by molar-refractivity contribution is 0.346. The number of aromatic hydroxyl groups is 1. The molecule has 0 atom stereocenters. The summed E-state index contributed by atoms with van der Waals surface area (Å²) in [7, 11) is 1.96. The van der Waals surface area contributed by atoms with Crippen LogP contribution >= 0.6 is 0 Å². The van der Waals surface area contributed by atoms with E-state index in [0.29, 0.717) is 6.54 Å². The van der Waals surface area contributed by atoms with Gasteiger partial charge in [-0.25, -0.2) is 4.98 Å². The third-order valence-electron chi connectivity index (χ3n) is 1.94. The Morgan fingerprint density at radius 2 is 2.17 bits per heavy atom. The summed E-state index contributed by atoms with van der Waals surface area (Å²) < 4.78 is 0. The zero-order valence-electron chi connectivity index (χ0n) is 6.78. The summed E-state index contributed by atoms with van der Waals surface area (Å²) in [6.07, 6.45) is 0. The summed E-state index contributed by atoms with van der Waals surface area (Å²) in [6, 6.07) is 0. The first-order chi connectivity index (χ1) is 5.66. The van der Waals surface area contributed by atoms with Crippen LogP contribution in [0.25, 0.3) is 0 Å². The molecule has 64 valence electrons. The SMILES string of the molecule is CN1Cc2nc(N)nc(O)c2C1. The van der Waals surface area contributed by atoms with Crippen molar-refractivity contribution in [1.82, 2.24) is 14.9 Å². The smallest absolute Gasteiger partial charge is 0.223 e. The van der Waals surface area contributed by atoms with E-state index in [1.807, 2.05) is 11.9 Å². The van der Waals surface area contributed by atoms with Gasteiger partial charge in [0, 0.05) is 13.1 Å². The molecule has 0 amide bonds. The van der Waals surface area contributed by atoms with E-state index < -0.39 is 0 Å². The number of nitrogens with zero attached hydrogens (tertiary/aromatic N) is 3. The average Bonchev–Trinajstić information content (AvgIpc) is 2.29. The van der Waals surface area contributed by atoms with Crippen LogP contribution in [0.2, 0.25) is 0 Å². The van der Waals surface area contributed by atoms with E-state index in [2.05, 4.69) is 9.97 Å². The average molecular weight is 166 g/mol. The quantitative estimate of drug-likeness (QED) is 0.554. The number of hydrogen-bond donors (Lipinski definition) is 2. The van der Waals surface area contributed by atoms with Crippen molar-refractivity contribution in [2.75, 3.05) is 12.8 Å². The fraction of sp³-hybridized carbons (Fsp3) is 0.429. The van der Waals surface area contributed by atoms with Gasteiger partial charge in [-0.15, -0.1) is 0 Å². The van der Waals surface area contributed by atoms with E-state index in [1.165, 1.54) is 0 Å². The molecule has 3 N–H and O–H groups in total. The Bertz CT molecular complexity index is 325. The summed E-state index contributed by atoms with van der Waals surface area (Å²) in [5, 5.41) is 9.37. The fourth-order valence-corrected chi connectivity index (χ4v) is 1.41. The summed E-state index contributed by atoms with van der Waals surface area (Å²) >= 11 is 0. The lowest BCUT2D eigenvalue weighted by Crippen LogP contribution is -2.07. The van der Waals surface area contributed by atoms with Gasteiger partial charge in [-0.05, 0) is 7.05 Å². The Kier molecular flexibility index (Phi) is 1.41. The summed E-state index contributed by atoms with van der Waals surface area (Å²) in [5.41, 5.74) is 7.01. The largest absolute Gasteiger partial charge is 0.493 e. The Balaban J connectivity index is 2.52. The van der Waals surface area contributed by atoms with Gasteiger partial charge >= 0.3 is 0 Å². The standard InChI is InChI=1S/C7H10N4O/c1-11-2-4-5(3-11)9-7(8)10-6(4)12/h2-3H2,1H3,(H3,8,9,10,12). The Morgan fingerprint density at radius 1 is 1.42 bits per heavy atom. The topological polar surface area (TPSA) is 75.3 Å². The third-order valence-corrected chi connectivity index (χ3v) is 1.94. The molecular formula is C7H10N4O. The highest BCUT2D eigenvalue weighted by atomic mass is 16.3. The van der Waals surface area contributed by atoms with Crippen molar-refractivity contribution >= 4 is 5.95 Å². The minimum atomic E-state index is 0.0156. The zero-order chi connectivity index (χ0) is 8.72. The van der Waals surface area contributed by atoms with Crippen molar-refractivity contribution in [3.05, 3.63) is 11.3 Å². The maximum atomic E-state index is 9.37. The first-order valence-electron chi connectivity index (χ1n) is 3.69. The molecule has 0 saturated heterocycles. The lowest BCUT2D eigenvalue weighted by Gasteiger charge is -2.02. The van der Waals surface area contributed by atoms with Crippen LogP contribution in [0, 0.1) is 0 Å². The van der Waals surface area contributed by atoms with E-state index in [9.17, 15) is 5.11 Å². The van der Waals surface area contributed by atoms with Crippen LogP contribution in [-0.2, 0) is 13.1 Å². The number of hydrogen-bond acceptors (Lipinski definition) is 5. The lowest BCUT2D eigenvalue weighted by atomic mass is 10.3. The fourth-order valence-electron chi connectivity index (χ4n) is 1.41. The van der Waals surface area contributed by atoms with Crippen molar-refractivity contribution < 1.29 is 5.11 Å². The van der Waals surface area contributed by atoms with Gasteiger partial charge in [0.25, 0.3) is 0 Å². The van der Waals surface area contributed by atoms with E-state index in [-0.39, 0.29) is 11.8 Å². The van der Waals surface area contributed by atoms with Crippen molar-refractivity contribution in [3.63, 3.8) is 0 Å². The van der Waals surface area contributed by atoms with E-state index in [1.54, 1.807) is 0 Å². The second-order valence-electron chi connectivity index (χ2n) is 3.00. The van der Waals surface area contributed by atoms with E-state index in [0.717, 1.165) is 17.8 Å². The summed E-state index contributed by atoms with van der Waals surface area (Å²) in [4.78, 5) is 9.75. The van der Waals surface area contributed by atoms with Gasteiger partial charge in [-0.2, -0.15) is 4.98 Å². The number of fused-ring (bicyclic) bond motifs is 1. The predicted molar refractivity (Wildman–Crippen MR) is 43.3 cm³/mol. The number of anilines is 1. The Morgan fingerprint density at radius 3 is 2.92 bits per heavy atom. The van der Waals surface area contributed by atoms with Crippen LogP contribution in [-0.4, -0.2) is 27.0 Å². The van der Waals surface area contributed by atoms with Gasteiger partial charge in [0.05, 0.1) is 11.3 Å². The molecule has 0 bridgehead atoms. The highest BCUT2D eigenvalue weighted by Gasteiger charge is 2.21. The molecule has 5 nitrogen and oxygen atoms in total. The highest BCUT2D eigenvalue weighted by Crippen LogP contribution is 2.26. The van der Waals surface area contributed by atoms with Gasteiger partial charge in [0.1, 0.15) is 0 Å². The van der Waals surface area contributed by atoms with Crippen molar-refractivity contribution in [1.29, 1.82) is 0 Å². The van der Waals surface area contributed by atoms with Crippen LogP contribution in [0.15, 0.2) is 0 Å². The number of nitrogen functional groups attached to an aromatic ring is 1. The summed E-state index contributed by atoms with van der Waals surface area (Å²) in [6.45, 7) is 1.43. The van der Waals surface area contributed by atoms with Crippen LogP contribution in [0.3, 0.4) is 0 Å². The van der Waals surface area contributed by atoms with Crippen molar-refractivity contribution in [2.45, 2.75) is 13.1 Å². The minimum Gasteiger partial charge on any atom is -0.493 e. The van der Waals surface area contributed by atoms with Gasteiger partial charge in [0.15, 0.2) is 0 Å². The van der Waals surface area contributed by atoms with Gasteiger partial charge in [-0.1, -0.05) is 0 Å². The molecule has 2 rings (SSSR count). The second-order valence-corrected chi connectivity index (χ2v) is 3.00. The molecule has 0 saturated carbocycles. The number of nitrogens with two attached hydrogens (primary N) is 1. The highest BCUT2D eigenvalue weighted by molar-refractivity contribution is 5.37. The van der Waals surface area contributed by atoms with Crippen molar-refractivity contribution in [2.24, 2.45) is 0 Å². The second kappa shape index (κ2) is 2.31. The third kappa shape index (κ3) is 0.984. The first-order valence-corrected chi connectivity index (χ1v) is 3.69. The molecule has 0 aromatic carbocycles. The Hall–Kier alpha value is -1.36. The molecule has 12 heavy (non-hydrogen) atoms. The van der Waals surface area contributed by atoms with E-state index >= 15 is 0 Å². The van der Waals surface area contributed by atoms with Crippen molar-refractivity contribution in [3.8, 4) is 5.88 Å². The van der Waals surface area contributed by atoms with Crippen LogP contribution in [0.1, 0.15) is 11.3 Å².